The zero-order valence-electron chi connectivity index (χ0n) is 16.1. The highest BCUT2D eigenvalue weighted by Gasteiger charge is 2.64. The first-order valence-electron chi connectivity index (χ1n) is 9.31. The number of nitrogens with zero attached hydrogens (tertiary/aromatic N) is 2. The Labute approximate surface area is 158 Å². The summed E-state index contributed by atoms with van der Waals surface area (Å²) in [6.45, 7) is 6.22. The molecule has 2 heterocycles. The number of ether oxygens (including phenoxy) is 1. The van der Waals surface area contributed by atoms with Crippen LogP contribution in [0.3, 0.4) is 0 Å². The summed E-state index contributed by atoms with van der Waals surface area (Å²) in [7, 11) is 0. The largest absolute Gasteiger partial charge is 0.444 e. The van der Waals surface area contributed by atoms with E-state index < -0.39 is 29.2 Å². The number of likely N-dealkylation sites (tertiary alicyclic amines) is 2. The second-order valence-electron chi connectivity index (χ2n) is 8.68. The van der Waals surface area contributed by atoms with E-state index in [0.29, 0.717) is 13.1 Å². The van der Waals surface area contributed by atoms with Crippen molar-refractivity contribution >= 4 is 6.09 Å². The molecule has 2 fully saturated rings. The van der Waals surface area contributed by atoms with Crippen LogP contribution in [0, 0.1) is 11.3 Å². The third kappa shape index (κ3) is 4.23. The lowest BCUT2D eigenvalue weighted by Gasteiger charge is -2.44. The van der Waals surface area contributed by atoms with E-state index in [9.17, 15) is 18.0 Å². The predicted molar refractivity (Wildman–Crippen MR) is 96.1 cm³/mol. The van der Waals surface area contributed by atoms with Gasteiger partial charge in [-0.1, -0.05) is 30.3 Å². The lowest BCUT2D eigenvalue weighted by molar-refractivity contribution is -0.244. The minimum Gasteiger partial charge on any atom is -0.444 e. The van der Waals surface area contributed by atoms with Gasteiger partial charge >= 0.3 is 12.3 Å². The number of amides is 1. The second-order valence-corrected chi connectivity index (χ2v) is 8.68. The van der Waals surface area contributed by atoms with Gasteiger partial charge in [0.05, 0.1) is 5.41 Å². The lowest BCUT2D eigenvalue weighted by Crippen LogP contribution is -2.55. The molecule has 0 bridgehead atoms. The summed E-state index contributed by atoms with van der Waals surface area (Å²) in [4.78, 5) is 15.6. The van der Waals surface area contributed by atoms with E-state index >= 15 is 0 Å². The maximum absolute atomic E-state index is 14.0. The number of hydrogen-bond donors (Lipinski definition) is 0. The number of carbonyl (C=O) groups is 1. The molecular weight excluding hydrogens is 357 g/mol. The van der Waals surface area contributed by atoms with Crippen molar-refractivity contribution in [3.63, 3.8) is 0 Å². The van der Waals surface area contributed by atoms with Gasteiger partial charge in [0.25, 0.3) is 0 Å². The van der Waals surface area contributed by atoms with Gasteiger partial charge in [0.1, 0.15) is 5.60 Å². The summed E-state index contributed by atoms with van der Waals surface area (Å²) in [6, 6.07) is 9.53. The molecule has 27 heavy (non-hydrogen) atoms. The molecule has 0 radical (unpaired) electrons. The Kier molecular flexibility index (Phi) is 5.18. The van der Waals surface area contributed by atoms with Gasteiger partial charge in [0.2, 0.25) is 0 Å². The highest BCUT2D eigenvalue weighted by molar-refractivity contribution is 5.68. The molecule has 0 unspecified atom stereocenters. The van der Waals surface area contributed by atoms with Crippen molar-refractivity contribution < 1.29 is 22.7 Å². The van der Waals surface area contributed by atoms with Crippen LogP contribution in [0.2, 0.25) is 0 Å². The molecule has 150 valence electrons. The minimum atomic E-state index is -4.29. The second kappa shape index (κ2) is 7.00. The van der Waals surface area contributed by atoms with Crippen LogP contribution in [-0.4, -0.2) is 53.8 Å². The van der Waals surface area contributed by atoms with Crippen molar-refractivity contribution in [3.05, 3.63) is 35.9 Å². The number of rotatable bonds is 2. The molecule has 0 saturated carbocycles. The van der Waals surface area contributed by atoms with E-state index in [-0.39, 0.29) is 26.1 Å². The summed E-state index contributed by atoms with van der Waals surface area (Å²) in [6.07, 6.45) is -4.89. The third-order valence-corrected chi connectivity index (χ3v) is 5.50. The topological polar surface area (TPSA) is 32.8 Å². The Bertz CT molecular complexity index is 672. The zero-order chi connectivity index (χ0) is 19.9. The Morgan fingerprint density at radius 1 is 1.19 bits per heavy atom. The summed E-state index contributed by atoms with van der Waals surface area (Å²) in [5, 5.41) is 0. The average Bonchev–Trinajstić information content (AvgIpc) is 2.92. The Balaban J connectivity index is 1.75. The van der Waals surface area contributed by atoms with Gasteiger partial charge in [-0.15, -0.1) is 0 Å². The first-order chi connectivity index (χ1) is 12.5. The lowest BCUT2D eigenvalue weighted by atomic mass is 9.72. The number of alkyl halides is 3. The van der Waals surface area contributed by atoms with Gasteiger partial charge in [-0.2, -0.15) is 13.2 Å². The van der Waals surface area contributed by atoms with Crippen LogP contribution >= 0.6 is 0 Å². The van der Waals surface area contributed by atoms with Crippen molar-refractivity contribution in [2.24, 2.45) is 11.3 Å². The SMILES string of the molecule is CC(C)(C)OC(=O)N1CC[C@]2(C(F)(F)F)CN(Cc3ccccc3)C[C@@H]2C1. The molecule has 0 spiro atoms. The summed E-state index contributed by atoms with van der Waals surface area (Å²) < 4.78 is 47.5. The molecule has 1 amide bonds. The number of carbonyl (C=O) groups excluding carboxylic acids is 1. The van der Waals surface area contributed by atoms with Gasteiger partial charge in [-0.25, -0.2) is 4.79 Å². The highest BCUT2D eigenvalue weighted by atomic mass is 19.4. The average molecular weight is 384 g/mol. The molecule has 2 saturated heterocycles. The van der Waals surface area contributed by atoms with Crippen LogP contribution in [0.5, 0.6) is 0 Å². The molecule has 0 N–H and O–H groups in total. The first kappa shape index (κ1) is 20.0. The summed E-state index contributed by atoms with van der Waals surface area (Å²) >= 11 is 0. The minimum absolute atomic E-state index is 0.0157. The van der Waals surface area contributed by atoms with Crippen LogP contribution in [-0.2, 0) is 11.3 Å². The van der Waals surface area contributed by atoms with Crippen LogP contribution in [0.4, 0.5) is 18.0 Å². The Morgan fingerprint density at radius 3 is 2.44 bits per heavy atom. The van der Waals surface area contributed by atoms with Crippen molar-refractivity contribution in [2.45, 2.75) is 45.5 Å². The van der Waals surface area contributed by atoms with Gasteiger partial charge in [-0.3, -0.25) is 4.90 Å². The third-order valence-electron chi connectivity index (χ3n) is 5.50. The fraction of sp³-hybridized carbons (Fsp3) is 0.650. The molecule has 0 aromatic heterocycles. The molecule has 2 aliphatic heterocycles. The molecule has 1 aromatic carbocycles. The van der Waals surface area contributed by atoms with Gasteiger partial charge in [0.15, 0.2) is 0 Å². The number of piperidine rings is 1. The van der Waals surface area contributed by atoms with E-state index in [1.807, 2.05) is 35.2 Å². The van der Waals surface area contributed by atoms with E-state index in [2.05, 4.69) is 0 Å². The van der Waals surface area contributed by atoms with E-state index in [0.717, 1.165) is 5.56 Å². The Hall–Kier alpha value is -1.76. The Morgan fingerprint density at radius 2 is 1.85 bits per heavy atom. The quantitative estimate of drug-likeness (QED) is 0.762. The molecule has 4 nitrogen and oxygen atoms in total. The van der Waals surface area contributed by atoms with Crippen molar-refractivity contribution in [3.8, 4) is 0 Å². The van der Waals surface area contributed by atoms with E-state index in [1.165, 1.54) is 4.90 Å². The number of halogens is 3. The molecule has 2 aliphatic rings. The zero-order valence-corrected chi connectivity index (χ0v) is 16.1. The fourth-order valence-corrected chi connectivity index (χ4v) is 4.20. The van der Waals surface area contributed by atoms with Crippen molar-refractivity contribution in [1.82, 2.24) is 9.80 Å². The van der Waals surface area contributed by atoms with Crippen LogP contribution in [0.1, 0.15) is 32.8 Å². The van der Waals surface area contributed by atoms with Crippen LogP contribution in [0.15, 0.2) is 30.3 Å². The molecule has 7 heteroatoms. The number of fused-ring (bicyclic) bond motifs is 1. The number of benzene rings is 1. The highest BCUT2D eigenvalue weighted by Crippen LogP contribution is 2.53. The predicted octanol–water partition coefficient (Wildman–Crippen LogP) is 4.31. The fourth-order valence-electron chi connectivity index (χ4n) is 4.20. The smallest absolute Gasteiger partial charge is 0.410 e. The molecule has 1 aromatic rings. The molecule has 2 atom stereocenters. The standard InChI is InChI=1S/C20H27F3N2O2/c1-18(2,3)27-17(26)25-10-9-19(20(21,22)23)14-24(12-16(19)13-25)11-15-7-5-4-6-8-15/h4-8,16H,9-14H2,1-3H3/t16-,19+/m1/s1. The van der Waals surface area contributed by atoms with Crippen LogP contribution in [0.25, 0.3) is 0 Å². The summed E-state index contributed by atoms with van der Waals surface area (Å²) in [5.74, 6) is -0.637. The number of hydrogen-bond acceptors (Lipinski definition) is 3. The first-order valence-corrected chi connectivity index (χ1v) is 9.31. The molecule has 0 aliphatic carbocycles. The van der Waals surface area contributed by atoms with Gasteiger partial charge < -0.3 is 9.64 Å². The maximum Gasteiger partial charge on any atom is 0.410 e. The van der Waals surface area contributed by atoms with Crippen molar-refractivity contribution in [1.29, 1.82) is 0 Å². The van der Waals surface area contributed by atoms with Crippen LogP contribution < -0.4 is 0 Å². The normalized spacial score (nSPS) is 26.7. The maximum atomic E-state index is 14.0. The monoisotopic (exact) mass is 384 g/mol. The molecule has 3 rings (SSSR count). The van der Waals surface area contributed by atoms with Gasteiger partial charge in [-0.05, 0) is 32.8 Å². The molecular formula is C20H27F3N2O2. The van der Waals surface area contributed by atoms with Crippen molar-refractivity contribution in [2.75, 3.05) is 26.2 Å². The van der Waals surface area contributed by atoms with Gasteiger partial charge in [0, 0.05) is 38.6 Å². The summed E-state index contributed by atoms with van der Waals surface area (Å²) in [5.41, 5.74) is -1.41. The van der Waals surface area contributed by atoms with E-state index in [1.54, 1.807) is 20.8 Å². The van der Waals surface area contributed by atoms with E-state index in [4.69, 9.17) is 4.74 Å².